The van der Waals surface area contributed by atoms with Gasteiger partial charge in [-0.2, -0.15) is 0 Å². The van der Waals surface area contributed by atoms with Crippen LogP contribution in [0.3, 0.4) is 0 Å². The van der Waals surface area contributed by atoms with Gasteiger partial charge in [0, 0.05) is 20.2 Å². The first kappa shape index (κ1) is 13.9. The first-order chi connectivity index (χ1) is 6.60. The second-order valence-electron chi connectivity index (χ2n) is 4.37. The lowest BCUT2D eigenvalue weighted by Crippen LogP contribution is -2.29. The fourth-order valence-electron chi connectivity index (χ4n) is 1.29. The van der Waals surface area contributed by atoms with Crippen LogP contribution in [0.4, 0.5) is 0 Å². The van der Waals surface area contributed by atoms with Crippen LogP contribution in [-0.4, -0.2) is 44.8 Å². The largest absolute Gasteiger partial charge is 0.380 e. The average molecular weight is 202 g/mol. The third-order valence-corrected chi connectivity index (χ3v) is 2.52. The summed E-state index contributed by atoms with van der Waals surface area (Å²) in [6.45, 7) is 7.37. The van der Waals surface area contributed by atoms with Gasteiger partial charge in [-0.15, -0.1) is 0 Å². The molecule has 0 heterocycles. The van der Waals surface area contributed by atoms with E-state index < -0.39 is 0 Å². The molecule has 0 aromatic heterocycles. The van der Waals surface area contributed by atoms with Gasteiger partial charge < -0.3 is 15.4 Å². The summed E-state index contributed by atoms with van der Waals surface area (Å²) in [4.78, 5) is 2.35. The van der Waals surface area contributed by atoms with E-state index in [1.807, 2.05) is 0 Å². The van der Waals surface area contributed by atoms with Crippen LogP contribution in [0.15, 0.2) is 0 Å². The van der Waals surface area contributed by atoms with Crippen LogP contribution in [0, 0.1) is 5.92 Å². The zero-order valence-corrected chi connectivity index (χ0v) is 10.1. The molecular weight excluding hydrogens is 176 g/mol. The molecule has 86 valence electrons. The highest BCUT2D eigenvalue weighted by Crippen LogP contribution is 2.02. The summed E-state index contributed by atoms with van der Waals surface area (Å²) < 4.78 is 5.22. The summed E-state index contributed by atoms with van der Waals surface area (Å²) in [5.74, 6) is 0.783. The molecule has 0 saturated heterocycles. The molecule has 3 nitrogen and oxygen atoms in total. The highest BCUT2D eigenvalue weighted by atomic mass is 16.5. The molecule has 1 atom stereocenters. The highest BCUT2D eigenvalue weighted by molar-refractivity contribution is 4.62. The zero-order chi connectivity index (χ0) is 11.0. The van der Waals surface area contributed by atoms with E-state index in [2.05, 4.69) is 25.8 Å². The SMILES string of the molecule is COC(CN)CCN(C)CCC(C)C. The Morgan fingerprint density at radius 2 is 1.79 bits per heavy atom. The number of nitrogens with two attached hydrogens (primary N) is 1. The molecule has 2 N–H and O–H groups in total. The van der Waals surface area contributed by atoms with Crippen LogP contribution in [0.25, 0.3) is 0 Å². The van der Waals surface area contributed by atoms with E-state index in [9.17, 15) is 0 Å². The molecule has 14 heavy (non-hydrogen) atoms. The molecule has 0 aliphatic rings. The molecule has 1 unspecified atom stereocenters. The Hall–Kier alpha value is -0.120. The van der Waals surface area contributed by atoms with Gasteiger partial charge in [0.25, 0.3) is 0 Å². The fourth-order valence-corrected chi connectivity index (χ4v) is 1.29. The van der Waals surface area contributed by atoms with E-state index >= 15 is 0 Å². The van der Waals surface area contributed by atoms with Crippen molar-refractivity contribution in [1.82, 2.24) is 4.90 Å². The van der Waals surface area contributed by atoms with Gasteiger partial charge in [-0.1, -0.05) is 13.8 Å². The Kier molecular flexibility index (Phi) is 8.14. The summed E-state index contributed by atoms with van der Waals surface area (Å²) in [5, 5.41) is 0. The second kappa shape index (κ2) is 8.21. The number of ether oxygens (including phenoxy) is 1. The van der Waals surface area contributed by atoms with Crippen molar-refractivity contribution in [3.05, 3.63) is 0 Å². The first-order valence-corrected chi connectivity index (χ1v) is 5.51. The lowest BCUT2D eigenvalue weighted by molar-refractivity contribution is 0.0921. The third-order valence-electron chi connectivity index (χ3n) is 2.52. The lowest BCUT2D eigenvalue weighted by Gasteiger charge is -2.20. The van der Waals surface area contributed by atoms with Crippen molar-refractivity contribution < 1.29 is 4.74 Å². The normalized spacial score (nSPS) is 13.9. The Labute approximate surface area is 88.6 Å². The van der Waals surface area contributed by atoms with E-state index in [0.29, 0.717) is 6.54 Å². The summed E-state index contributed by atoms with van der Waals surface area (Å²) in [5.41, 5.74) is 5.55. The summed E-state index contributed by atoms with van der Waals surface area (Å²) in [7, 11) is 3.89. The number of hydrogen-bond donors (Lipinski definition) is 1. The van der Waals surface area contributed by atoms with Gasteiger partial charge in [-0.3, -0.25) is 0 Å². The number of hydrogen-bond acceptors (Lipinski definition) is 3. The van der Waals surface area contributed by atoms with Gasteiger partial charge in [0.2, 0.25) is 0 Å². The molecule has 0 aromatic carbocycles. The monoisotopic (exact) mass is 202 g/mol. The maximum Gasteiger partial charge on any atom is 0.0705 e. The summed E-state index contributed by atoms with van der Waals surface area (Å²) in [6, 6.07) is 0. The van der Waals surface area contributed by atoms with Gasteiger partial charge in [0.15, 0.2) is 0 Å². The molecule has 0 aromatic rings. The standard InChI is InChI=1S/C11H26N2O/c1-10(2)5-7-13(3)8-6-11(9-12)14-4/h10-11H,5-9,12H2,1-4H3. The minimum absolute atomic E-state index is 0.219. The minimum Gasteiger partial charge on any atom is -0.380 e. The van der Waals surface area contributed by atoms with Gasteiger partial charge >= 0.3 is 0 Å². The molecule has 0 rings (SSSR count). The van der Waals surface area contributed by atoms with Crippen LogP contribution in [0.2, 0.25) is 0 Å². The van der Waals surface area contributed by atoms with E-state index in [0.717, 1.165) is 18.9 Å². The third kappa shape index (κ3) is 7.30. The van der Waals surface area contributed by atoms with Crippen molar-refractivity contribution in [2.75, 3.05) is 33.8 Å². The maximum absolute atomic E-state index is 5.55. The quantitative estimate of drug-likeness (QED) is 0.645. The molecule has 0 bridgehead atoms. The number of methoxy groups -OCH3 is 1. The van der Waals surface area contributed by atoms with Crippen LogP contribution < -0.4 is 5.73 Å². The Morgan fingerprint density at radius 1 is 1.21 bits per heavy atom. The molecule has 0 aliphatic heterocycles. The van der Waals surface area contributed by atoms with Crippen LogP contribution >= 0.6 is 0 Å². The van der Waals surface area contributed by atoms with Gasteiger partial charge in [-0.25, -0.2) is 0 Å². The molecular formula is C11H26N2O. The van der Waals surface area contributed by atoms with Crippen molar-refractivity contribution in [2.24, 2.45) is 11.7 Å². The van der Waals surface area contributed by atoms with Crippen LogP contribution in [0.1, 0.15) is 26.7 Å². The van der Waals surface area contributed by atoms with E-state index in [4.69, 9.17) is 10.5 Å². The van der Waals surface area contributed by atoms with Crippen molar-refractivity contribution >= 4 is 0 Å². The van der Waals surface area contributed by atoms with Crippen molar-refractivity contribution in [3.63, 3.8) is 0 Å². The minimum atomic E-state index is 0.219. The Morgan fingerprint density at radius 3 is 2.21 bits per heavy atom. The second-order valence-corrected chi connectivity index (χ2v) is 4.37. The summed E-state index contributed by atoms with van der Waals surface area (Å²) in [6.07, 6.45) is 2.51. The van der Waals surface area contributed by atoms with Crippen molar-refractivity contribution in [3.8, 4) is 0 Å². The summed E-state index contributed by atoms with van der Waals surface area (Å²) >= 11 is 0. The zero-order valence-electron chi connectivity index (χ0n) is 10.1. The van der Waals surface area contributed by atoms with Crippen LogP contribution in [-0.2, 0) is 4.74 Å². The van der Waals surface area contributed by atoms with Gasteiger partial charge in [-0.05, 0) is 32.4 Å². The van der Waals surface area contributed by atoms with Crippen molar-refractivity contribution in [2.45, 2.75) is 32.8 Å². The lowest BCUT2D eigenvalue weighted by atomic mass is 10.1. The van der Waals surface area contributed by atoms with Crippen molar-refractivity contribution in [1.29, 1.82) is 0 Å². The Bertz CT molecular complexity index is 124. The molecule has 0 spiro atoms. The molecule has 0 radical (unpaired) electrons. The molecule has 0 amide bonds. The predicted octanol–water partition coefficient (Wildman–Crippen LogP) is 1.33. The molecule has 3 heteroatoms. The first-order valence-electron chi connectivity index (χ1n) is 5.51. The van der Waals surface area contributed by atoms with Gasteiger partial charge in [0.05, 0.1) is 6.10 Å². The predicted molar refractivity (Wildman–Crippen MR) is 61.4 cm³/mol. The molecule has 0 aliphatic carbocycles. The smallest absolute Gasteiger partial charge is 0.0705 e. The van der Waals surface area contributed by atoms with E-state index in [1.165, 1.54) is 13.0 Å². The van der Waals surface area contributed by atoms with Crippen LogP contribution in [0.5, 0.6) is 0 Å². The number of nitrogens with zero attached hydrogens (tertiary/aromatic N) is 1. The Balaban J connectivity index is 3.46. The average Bonchev–Trinajstić information content (AvgIpc) is 2.16. The fraction of sp³-hybridized carbons (Fsp3) is 1.00. The molecule has 0 saturated carbocycles. The van der Waals surface area contributed by atoms with Gasteiger partial charge in [0.1, 0.15) is 0 Å². The highest BCUT2D eigenvalue weighted by Gasteiger charge is 2.06. The van der Waals surface area contributed by atoms with E-state index in [-0.39, 0.29) is 6.10 Å². The van der Waals surface area contributed by atoms with E-state index in [1.54, 1.807) is 7.11 Å². The maximum atomic E-state index is 5.55. The number of rotatable bonds is 8. The topological polar surface area (TPSA) is 38.5 Å². The molecule has 0 fully saturated rings.